The van der Waals surface area contributed by atoms with Gasteiger partial charge < -0.3 is 9.47 Å². The van der Waals surface area contributed by atoms with E-state index in [0.29, 0.717) is 39.7 Å². The van der Waals surface area contributed by atoms with Crippen molar-refractivity contribution in [2.24, 2.45) is 0 Å². The molecule has 0 radical (unpaired) electrons. The van der Waals surface area contributed by atoms with Gasteiger partial charge in [-0.25, -0.2) is 4.98 Å². The first kappa shape index (κ1) is 22.3. The minimum atomic E-state index is -0.443. The lowest BCUT2D eigenvalue weighted by Crippen LogP contribution is -2.24. The topological polar surface area (TPSA) is 96.5 Å². The lowest BCUT2D eigenvalue weighted by molar-refractivity contribution is -0.384. The van der Waals surface area contributed by atoms with Crippen LogP contribution in [0.5, 0.6) is 11.5 Å². The Labute approximate surface area is 194 Å². The van der Waals surface area contributed by atoms with Gasteiger partial charge in [-0.1, -0.05) is 36.0 Å². The lowest BCUT2D eigenvalue weighted by Gasteiger charge is -2.14. The fraction of sp³-hybridized carbons (Fsp3) is 0.167. The summed E-state index contributed by atoms with van der Waals surface area (Å²) in [6.45, 7) is 0.328. The maximum absolute atomic E-state index is 13.3. The molecule has 0 spiro atoms. The standard InChI is InChI=1S/C24H21N3O5S/c1-31-19-10-7-16(8-11-19)14-26-23(28)20-5-3-4-6-21(20)25-24(26)33-15-17-13-18(27(29)30)9-12-22(17)32-2/h3-13H,14-15H2,1-2H3. The van der Waals surface area contributed by atoms with E-state index in [1.165, 1.54) is 31.0 Å². The summed E-state index contributed by atoms with van der Waals surface area (Å²) >= 11 is 1.33. The van der Waals surface area contributed by atoms with Crippen LogP contribution in [0.1, 0.15) is 11.1 Å². The van der Waals surface area contributed by atoms with Gasteiger partial charge in [0.25, 0.3) is 11.2 Å². The number of para-hydroxylation sites is 1. The van der Waals surface area contributed by atoms with Crippen molar-refractivity contribution in [2.75, 3.05) is 14.2 Å². The number of thioether (sulfide) groups is 1. The van der Waals surface area contributed by atoms with Crippen molar-refractivity contribution in [3.8, 4) is 11.5 Å². The molecule has 0 aliphatic carbocycles. The molecule has 0 saturated heterocycles. The fourth-order valence-corrected chi connectivity index (χ4v) is 4.42. The van der Waals surface area contributed by atoms with Crippen molar-refractivity contribution in [2.45, 2.75) is 17.5 Å². The van der Waals surface area contributed by atoms with E-state index in [1.54, 1.807) is 29.9 Å². The molecule has 4 aromatic rings. The molecule has 1 aromatic heterocycles. The maximum atomic E-state index is 13.3. The minimum Gasteiger partial charge on any atom is -0.497 e. The number of nitrogens with zero attached hydrogens (tertiary/aromatic N) is 3. The Hall–Kier alpha value is -3.85. The summed E-state index contributed by atoms with van der Waals surface area (Å²) in [7, 11) is 3.12. The van der Waals surface area contributed by atoms with E-state index in [0.717, 1.165) is 11.3 Å². The van der Waals surface area contributed by atoms with Crippen LogP contribution in [0, 0.1) is 10.1 Å². The summed E-state index contributed by atoms with van der Waals surface area (Å²) in [6, 6.07) is 19.2. The van der Waals surface area contributed by atoms with Crippen LogP contribution in [0.3, 0.4) is 0 Å². The Morgan fingerprint density at radius 2 is 1.79 bits per heavy atom. The van der Waals surface area contributed by atoms with E-state index in [1.807, 2.05) is 36.4 Å². The first-order chi connectivity index (χ1) is 16.0. The second-order valence-corrected chi connectivity index (χ2v) is 8.14. The predicted octanol–water partition coefficient (Wildman–Crippen LogP) is 4.66. The molecule has 8 nitrogen and oxygen atoms in total. The molecule has 1 heterocycles. The minimum absolute atomic E-state index is 0.0199. The number of non-ortho nitro benzene ring substituents is 1. The molecule has 3 aromatic carbocycles. The Kier molecular flexibility index (Phi) is 6.60. The van der Waals surface area contributed by atoms with E-state index >= 15 is 0 Å². The third-order valence-electron chi connectivity index (χ3n) is 5.16. The largest absolute Gasteiger partial charge is 0.497 e. The first-order valence-corrected chi connectivity index (χ1v) is 11.1. The van der Waals surface area contributed by atoms with Crippen LogP contribution in [-0.2, 0) is 12.3 Å². The molecular formula is C24H21N3O5S. The van der Waals surface area contributed by atoms with Gasteiger partial charge in [-0.15, -0.1) is 0 Å². The quantitative estimate of drug-likeness (QED) is 0.162. The van der Waals surface area contributed by atoms with Gasteiger partial charge in [0.2, 0.25) is 0 Å². The third-order valence-corrected chi connectivity index (χ3v) is 6.18. The Bertz CT molecular complexity index is 1370. The number of rotatable bonds is 8. The molecule has 0 unspecified atom stereocenters. The number of methoxy groups -OCH3 is 2. The van der Waals surface area contributed by atoms with E-state index in [-0.39, 0.29) is 11.2 Å². The van der Waals surface area contributed by atoms with Crippen LogP contribution in [0.4, 0.5) is 5.69 Å². The van der Waals surface area contributed by atoms with Crippen molar-refractivity contribution in [1.82, 2.24) is 9.55 Å². The molecule has 0 atom stereocenters. The van der Waals surface area contributed by atoms with Gasteiger partial charge in [0, 0.05) is 23.4 Å². The van der Waals surface area contributed by atoms with Gasteiger partial charge in [0.05, 0.1) is 36.6 Å². The predicted molar refractivity (Wildman–Crippen MR) is 127 cm³/mol. The summed E-state index contributed by atoms with van der Waals surface area (Å²) in [5, 5.41) is 12.3. The molecule has 33 heavy (non-hydrogen) atoms. The van der Waals surface area contributed by atoms with Gasteiger partial charge >= 0.3 is 0 Å². The van der Waals surface area contributed by atoms with Gasteiger partial charge in [0.1, 0.15) is 11.5 Å². The molecule has 168 valence electrons. The van der Waals surface area contributed by atoms with Gasteiger partial charge in [-0.3, -0.25) is 19.5 Å². The number of hydrogen-bond acceptors (Lipinski definition) is 7. The smallest absolute Gasteiger partial charge is 0.270 e. The Morgan fingerprint density at radius 1 is 1.03 bits per heavy atom. The van der Waals surface area contributed by atoms with Crippen molar-refractivity contribution in [3.05, 3.63) is 98.3 Å². The van der Waals surface area contributed by atoms with Crippen LogP contribution in [-0.4, -0.2) is 28.7 Å². The second-order valence-electron chi connectivity index (χ2n) is 7.19. The highest BCUT2D eigenvalue weighted by Crippen LogP contribution is 2.30. The zero-order valence-corrected chi connectivity index (χ0v) is 18.9. The van der Waals surface area contributed by atoms with Crippen molar-refractivity contribution in [1.29, 1.82) is 0 Å². The molecule has 0 amide bonds. The molecule has 0 fully saturated rings. The molecule has 0 aliphatic rings. The molecular weight excluding hydrogens is 442 g/mol. The van der Waals surface area contributed by atoms with Gasteiger partial charge in [0.15, 0.2) is 5.16 Å². The zero-order valence-electron chi connectivity index (χ0n) is 18.1. The van der Waals surface area contributed by atoms with Gasteiger partial charge in [-0.2, -0.15) is 0 Å². The number of fused-ring (bicyclic) bond motifs is 1. The zero-order chi connectivity index (χ0) is 23.4. The highest BCUT2D eigenvalue weighted by atomic mass is 32.2. The fourth-order valence-electron chi connectivity index (χ4n) is 3.44. The van der Waals surface area contributed by atoms with Gasteiger partial charge in [-0.05, 0) is 35.9 Å². The van der Waals surface area contributed by atoms with Crippen molar-refractivity contribution < 1.29 is 14.4 Å². The number of benzene rings is 3. The molecule has 0 bridgehead atoms. The molecule has 0 aliphatic heterocycles. The SMILES string of the molecule is COc1ccc(Cn2c(SCc3cc([N+](=O)[O-])ccc3OC)nc3ccccc3c2=O)cc1. The molecule has 9 heteroatoms. The summed E-state index contributed by atoms with van der Waals surface area (Å²) < 4.78 is 12.2. The third kappa shape index (κ3) is 4.83. The monoisotopic (exact) mass is 463 g/mol. The van der Waals surface area contributed by atoms with Crippen LogP contribution < -0.4 is 15.0 Å². The van der Waals surface area contributed by atoms with Crippen LogP contribution in [0.25, 0.3) is 10.9 Å². The lowest BCUT2D eigenvalue weighted by atomic mass is 10.2. The highest BCUT2D eigenvalue weighted by molar-refractivity contribution is 7.98. The second kappa shape index (κ2) is 9.74. The molecule has 0 N–H and O–H groups in total. The molecule has 4 rings (SSSR count). The number of hydrogen-bond donors (Lipinski definition) is 0. The normalized spacial score (nSPS) is 10.8. The van der Waals surface area contributed by atoms with E-state index < -0.39 is 4.92 Å². The maximum Gasteiger partial charge on any atom is 0.270 e. The van der Waals surface area contributed by atoms with Crippen LogP contribution >= 0.6 is 11.8 Å². The molecule has 0 saturated carbocycles. The Morgan fingerprint density at radius 3 is 2.48 bits per heavy atom. The van der Waals surface area contributed by atoms with Crippen molar-refractivity contribution in [3.63, 3.8) is 0 Å². The summed E-state index contributed by atoms with van der Waals surface area (Å²) in [5.74, 6) is 1.62. The highest BCUT2D eigenvalue weighted by Gasteiger charge is 2.16. The number of nitro benzene ring substituents is 1. The Balaban J connectivity index is 1.73. The first-order valence-electron chi connectivity index (χ1n) is 10.1. The summed E-state index contributed by atoms with van der Waals surface area (Å²) in [6.07, 6.45) is 0. The van der Waals surface area contributed by atoms with E-state index in [4.69, 9.17) is 14.5 Å². The van der Waals surface area contributed by atoms with E-state index in [2.05, 4.69) is 0 Å². The number of aromatic nitrogens is 2. The average Bonchev–Trinajstić information content (AvgIpc) is 2.84. The number of nitro groups is 1. The average molecular weight is 464 g/mol. The summed E-state index contributed by atoms with van der Waals surface area (Å²) in [5.41, 5.74) is 2.00. The van der Waals surface area contributed by atoms with Crippen LogP contribution in [0.2, 0.25) is 0 Å². The van der Waals surface area contributed by atoms with Crippen molar-refractivity contribution >= 4 is 28.4 Å². The number of ether oxygens (including phenoxy) is 2. The van der Waals surface area contributed by atoms with E-state index in [9.17, 15) is 14.9 Å². The van der Waals surface area contributed by atoms with Crippen LogP contribution in [0.15, 0.2) is 76.7 Å². The summed E-state index contributed by atoms with van der Waals surface area (Å²) in [4.78, 5) is 28.8.